The first-order chi connectivity index (χ1) is 9.38. The molecule has 0 saturated heterocycles. The first kappa shape index (κ1) is 16.7. The van der Waals surface area contributed by atoms with Crippen LogP contribution in [-0.4, -0.2) is 25.7 Å². The predicted octanol–water partition coefficient (Wildman–Crippen LogP) is 1.89. The Bertz CT molecular complexity index is 607. The van der Waals surface area contributed by atoms with Crippen molar-refractivity contribution in [2.45, 2.75) is 44.0 Å². The lowest BCUT2D eigenvalue weighted by molar-refractivity contribution is 0.350. The summed E-state index contributed by atoms with van der Waals surface area (Å²) in [5.41, 5.74) is -0.0836. The Labute approximate surface area is 121 Å². The third-order valence-corrected chi connectivity index (χ3v) is 5.12. The van der Waals surface area contributed by atoms with Gasteiger partial charge in [-0.1, -0.05) is 37.8 Å². The van der Waals surface area contributed by atoms with Gasteiger partial charge in [0, 0.05) is 11.1 Å². The van der Waals surface area contributed by atoms with Gasteiger partial charge < -0.3 is 5.11 Å². The summed E-state index contributed by atoms with van der Waals surface area (Å²) in [5, 5.41) is 8.75. The SMILES string of the molecule is CCC(C)(CC)NS(=O)(=O)c1ccccc1C#CCO. The van der Waals surface area contributed by atoms with Gasteiger partial charge in [-0.3, -0.25) is 0 Å². The number of benzene rings is 1. The third-order valence-electron chi connectivity index (χ3n) is 3.42. The molecule has 5 heteroatoms. The van der Waals surface area contributed by atoms with Crippen LogP contribution in [0, 0.1) is 11.8 Å². The van der Waals surface area contributed by atoms with Gasteiger partial charge >= 0.3 is 0 Å². The van der Waals surface area contributed by atoms with Crippen molar-refractivity contribution in [2.75, 3.05) is 6.61 Å². The lowest BCUT2D eigenvalue weighted by Gasteiger charge is -2.28. The molecular weight excluding hydrogens is 274 g/mol. The van der Waals surface area contributed by atoms with Gasteiger partial charge in [0.05, 0.1) is 4.90 Å². The maximum absolute atomic E-state index is 12.5. The highest BCUT2D eigenvalue weighted by Gasteiger charge is 2.28. The fourth-order valence-corrected chi connectivity index (χ4v) is 3.43. The topological polar surface area (TPSA) is 66.4 Å². The molecule has 0 radical (unpaired) electrons. The first-order valence-corrected chi connectivity index (χ1v) is 8.09. The second-order valence-corrected chi connectivity index (χ2v) is 6.48. The van der Waals surface area contributed by atoms with Crippen molar-refractivity contribution < 1.29 is 13.5 Å². The van der Waals surface area contributed by atoms with Gasteiger partial charge in [-0.05, 0) is 31.9 Å². The van der Waals surface area contributed by atoms with Crippen molar-refractivity contribution in [2.24, 2.45) is 0 Å². The molecule has 0 aromatic heterocycles. The fourth-order valence-electron chi connectivity index (χ4n) is 1.71. The number of nitrogens with one attached hydrogen (secondary N) is 1. The van der Waals surface area contributed by atoms with Gasteiger partial charge in [0.1, 0.15) is 6.61 Å². The molecule has 20 heavy (non-hydrogen) atoms. The van der Waals surface area contributed by atoms with Crippen molar-refractivity contribution in [1.82, 2.24) is 4.72 Å². The summed E-state index contributed by atoms with van der Waals surface area (Å²) in [6.45, 7) is 5.48. The van der Waals surface area contributed by atoms with E-state index in [-0.39, 0.29) is 11.5 Å². The molecule has 0 amide bonds. The van der Waals surface area contributed by atoms with Crippen LogP contribution < -0.4 is 4.72 Å². The monoisotopic (exact) mass is 295 g/mol. The van der Waals surface area contributed by atoms with Crippen LogP contribution in [0.4, 0.5) is 0 Å². The lowest BCUT2D eigenvalue weighted by atomic mass is 9.98. The number of aliphatic hydroxyl groups excluding tert-OH is 1. The van der Waals surface area contributed by atoms with E-state index in [9.17, 15) is 8.42 Å². The molecule has 0 saturated carbocycles. The summed E-state index contributed by atoms with van der Waals surface area (Å²) >= 11 is 0. The lowest BCUT2D eigenvalue weighted by Crippen LogP contribution is -2.45. The van der Waals surface area contributed by atoms with E-state index < -0.39 is 15.6 Å². The molecule has 0 spiro atoms. The van der Waals surface area contributed by atoms with Crippen molar-refractivity contribution in [3.05, 3.63) is 29.8 Å². The molecule has 110 valence electrons. The Hall–Kier alpha value is -1.35. The summed E-state index contributed by atoms with van der Waals surface area (Å²) in [6.07, 6.45) is 1.40. The quantitative estimate of drug-likeness (QED) is 0.815. The Morgan fingerprint density at radius 3 is 2.40 bits per heavy atom. The van der Waals surface area contributed by atoms with Gasteiger partial charge in [-0.25, -0.2) is 13.1 Å². The van der Waals surface area contributed by atoms with E-state index in [1.807, 2.05) is 20.8 Å². The molecule has 0 heterocycles. The molecule has 2 N–H and O–H groups in total. The van der Waals surface area contributed by atoms with Crippen LogP contribution in [0.3, 0.4) is 0 Å². The van der Waals surface area contributed by atoms with Crippen LogP contribution >= 0.6 is 0 Å². The third kappa shape index (κ3) is 4.07. The van der Waals surface area contributed by atoms with Crippen LogP contribution in [0.5, 0.6) is 0 Å². The molecule has 0 fully saturated rings. The van der Waals surface area contributed by atoms with Crippen molar-refractivity contribution in [3.63, 3.8) is 0 Å². The molecule has 1 aromatic rings. The number of rotatable bonds is 5. The first-order valence-electron chi connectivity index (χ1n) is 6.61. The normalized spacial score (nSPS) is 11.8. The average Bonchev–Trinajstić information content (AvgIpc) is 2.44. The summed E-state index contributed by atoms with van der Waals surface area (Å²) in [7, 11) is -3.64. The van der Waals surface area contributed by atoms with E-state index in [0.717, 1.165) is 0 Å². The average molecular weight is 295 g/mol. The molecule has 0 aliphatic carbocycles. The Morgan fingerprint density at radius 1 is 1.25 bits per heavy atom. The van der Waals surface area contributed by atoms with E-state index in [1.54, 1.807) is 18.2 Å². The summed E-state index contributed by atoms with van der Waals surface area (Å²) < 4.78 is 27.8. The molecule has 0 atom stereocenters. The largest absolute Gasteiger partial charge is 0.384 e. The zero-order valence-electron chi connectivity index (χ0n) is 12.1. The number of sulfonamides is 1. The van der Waals surface area contributed by atoms with E-state index in [4.69, 9.17) is 5.11 Å². The second kappa shape index (κ2) is 6.89. The highest BCUT2D eigenvalue weighted by Crippen LogP contribution is 2.21. The molecule has 0 unspecified atom stereocenters. The highest BCUT2D eigenvalue weighted by molar-refractivity contribution is 7.89. The highest BCUT2D eigenvalue weighted by atomic mass is 32.2. The number of hydrogen-bond donors (Lipinski definition) is 2. The Kier molecular flexibility index (Phi) is 5.75. The van der Waals surface area contributed by atoms with Crippen LogP contribution in [0.2, 0.25) is 0 Å². The van der Waals surface area contributed by atoms with Crippen LogP contribution in [0.25, 0.3) is 0 Å². The maximum atomic E-state index is 12.5. The van der Waals surface area contributed by atoms with Crippen molar-refractivity contribution in [3.8, 4) is 11.8 Å². The zero-order valence-corrected chi connectivity index (χ0v) is 12.9. The van der Waals surface area contributed by atoms with Crippen molar-refractivity contribution >= 4 is 10.0 Å². The van der Waals surface area contributed by atoms with E-state index >= 15 is 0 Å². The number of hydrogen-bond acceptors (Lipinski definition) is 3. The fraction of sp³-hybridized carbons (Fsp3) is 0.467. The number of aliphatic hydroxyl groups is 1. The van der Waals surface area contributed by atoms with Gasteiger partial charge in [0.25, 0.3) is 0 Å². The summed E-state index contributed by atoms with van der Waals surface area (Å²) in [5.74, 6) is 5.15. The van der Waals surface area contributed by atoms with E-state index in [0.29, 0.717) is 18.4 Å². The van der Waals surface area contributed by atoms with Crippen LogP contribution in [0.15, 0.2) is 29.2 Å². The predicted molar refractivity (Wildman–Crippen MR) is 79.7 cm³/mol. The smallest absolute Gasteiger partial charge is 0.242 e. The minimum atomic E-state index is -3.64. The van der Waals surface area contributed by atoms with E-state index in [1.165, 1.54) is 6.07 Å². The molecular formula is C15H21NO3S. The molecule has 1 aromatic carbocycles. The standard InChI is InChI=1S/C15H21NO3S/c1-4-15(3,5-2)16-20(18,19)14-11-7-6-9-13(14)10-8-12-17/h6-7,9,11,16-17H,4-5,12H2,1-3H3. The van der Waals surface area contributed by atoms with Gasteiger partial charge in [-0.15, -0.1) is 0 Å². The van der Waals surface area contributed by atoms with E-state index in [2.05, 4.69) is 16.6 Å². The van der Waals surface area contributed by atoms with Gasteiger partial charge in [0.2, 0.25) is 10.0 Å². The minimum absolute atomic E-state index is 0.147. The second-order valence-electron chi connectivity index (χ2n) is 4.83. The summed E-state index contributed by atoms with van der Waals surface area (Å²) in [6, 6.07) is 6.54. The minimum Gasteiger partial charge on any atom is -0.384 e. The van der Waals surface area contributed by atoms with Gasteiger partial charge in [0.15, 0.2) is 0 Å². The zero-order chi connectivity index (χ0) is 15.2. The Balaban J connectivity index is 3.23. The molecule has 0 bridgehead atoms. The van der Waals surface area contributed by atoms with Crippen LogP contribution in [-0.2, 0) is 10.0 Å². The Morgan fingerprint density at radius 2 is 1.85 bits per heavy atom. The summed E-state index contributed by atoms with van der Waals surface area (Å²) in [4.78, 5) is 0.147. The van der Waals surface area contributed by atoms with Crippen molar-refractivity contribution in [1.29, 1.82) is 0 Å². The molecule has 4 nitrogen and oxygen atoms in total. The molecule has 0 aliphatic rings. The van der Waals surface area contributed by atoms with Crippen LogP contribution in [0.1, 0.15) is 39.2 Å². The maximum Gasteiger partial charge on any atom is 0.242 e. The molecule has 1 rings (SSSR count). The molecule has 0 aliphatic heterocycles. The van der Waals surface area contributed by atoms with Gasteiger partial charge in [-0.2, -0.15) is 0 Å².